The normalized spacial score (nSPS) is 18.4. The van der Waals surface area contributed by atoms with Gasteiger partial charge in [-0.15, -0.1) is 0 Å². The Morgan fingerprint density at radius 3 is 2.67 bits per heavy atom. The largest absolute Gasteiger partial charge is 0.391 e. The Bertz CT molecular complexity index is 606. The van der Waals surface area contributed by atoms with Crippen molar-refractivity contribution in [3.05, 3.63) is 41.6 Å². The monoisotopic (exact) mass is 285 g/mol. The van der Waals surface area contributed by atoms with E-state index in [0.29, 0.717) is 0 Å². The SMILES string of the molecule is CCC1CCN(c2c(CO)c(C)nn2-c2ccccc2)C1. The second kappa shape index (κ2) is 5.90. The molecule has 2 aromatic rings. The van der Waals surface area contributed by atoms with Crippen LogP contribution in [0.5, 0.6) is 0 Å². The molecule has 112 valence electrons. The molecule has 1 atom stereocenters. The maximum atomic E-state index is 9.76. The molecule has 1 aromatic carbocycles. The van der Waals surface area contributed by atoms with Crippen molar-refractivity contribution < 1.29 is 5.11 Å². The van der Waals surface area contributed by atoms with E-state index in [-0.39, 0.29) is 6.61 Å². The zero-order valence-corrected chi connectivity index (χ0v) is 12.8. The van der Waals surface area contributed by atoms with Crippen LogP contribution < -0.4 is 4.90 Å². The van der Waals surface area contributed by atoms with Crippen molar-refractivity contribution in [3.8, 4) is 5.69 Å². The smallest absolute Gasteiger partial charge is 0.138 e. The first-order valence-corrected chi connectivity index (χ1v) is 7.74. The van der Waals surface area contributed by atoms with Gasteiger partial charge in [0.05, 0.1) is 18.0 Å². The van der Waals surface area contributed by atoms with E-state index < -0.39 is 0 Å². The van der Waals surface area contributed by atoms with Gasteiger partial charge in [-0.2, -0.15) is 5.10 Å². The molecule has 0 spiro atoms. The second-order valence-electron chi connectivity index (χ2n) is 5.80. The summed E-state index contributed by atoms with van der Waals surface area (Å²) in [5, 5.41) is 14.4. The Hall–Kier alpha value is -1.81. The first kappa shape index (κ1) is 14.1. The summed E-state index contributed by atoms with van der Waals surface area (Å²) in [7, 11) is 0. The first-order valence-electron chi connectivity index (χ1n) is 7.74. The number of anilines is 1. The average Bonchev–Trinajstić information content (AvgIpc) is 3.11. The van der Waals surface area contributed by atoms with Crippen molar-refractivity contribution in [1.82, 2.24) is 9.78 Å². The number of aromatic nitrogens is 2. The minimum atomic E-state index is 0.0429. The zero-order valence-electron chi connectivity index (χ0n) is 12.8. The van der Waals surface area contributed by atoms with E-state index in [4.69, 9.17) is 0 Å². The summed E-state index contributed by atoms with van der Waals surface area (Å²) >= 11 is 0. The van der Waals surface area contributed by atoms with E-state index in [1.54, 1.807) is 0 Å². The number of aryl methyl sites for hydroxylation is 1. The quantitative estimate of drug-likeness (QED) is 0.939. The van der Waals surface area contributed by atoms with Gasteiger partial charge in [-0.1, -0.05) is 31.5 Å². The fourth-order valence-corrected chi connectivity index (χ4v) is 3.16. The average molecular weight is 285 g/mol. The number of nitrogens with zero attached hydrogens (tertiary/aromatic N) is 3. The minimum absolute atomic E-state index is 0.0429. The minimum Gasteiger partial charge on any atom is -0.391 e. The number of aliphatic hydroxyl groups excluding tert-OH is 1. The number of para-hydroxylation sites is 1. The van der Waals surface area contributed by atoms with Crippen molar-refractivity contribution in [2.45, 2.75) is 33.3 Å². The van der Waals surface area contributed by atoms with Crippen LogP contribution in [0.25, 0.3) is 5.69 Å². The molecule has 2 heterocycles. The van der Waals surface area contributed by atoms with Crippen molar-refractivity contribution in [1.29, 1.82) is 0 Å². The molecule has 0 bridgehead atoms. The zero-order chi connectivity index (χ0) is 14.8. The first-order chi connectivity index (χ1) is 10.2. The van der Waals surface area contributed by atoms with Crippen molar-refractivity contribution in [3.63, 3.8) is 0 Å². The number of rotatable bonds is 4. The van der Waals surface area contributed by atoms with E-state index in [0.717, 1.165) is 41.8 Å². The molecule has 0 aliphatic carbocycles. The molecule has 4 heteroatoms. The molecule has 3 rings (SSSR count). The predicted octanol–water partition coefficient (Wildman–Crippen LogP) is 2.91. The van der Waals surface area contributed by atoms with E-state index in [9.17, 15) is 5.11 Å². The Balaban J connectivity index is 2.05. The molecule has 1 fully saturated rings. The fraction of sp³-hybridized carbons (Fsp3) is 0.471. The molecular formula is C17H23N3O. The van der Waals surface area contributed by atoms with Gasteiger partial charge in [0.1, 0.15) is 5.82 Å². The molecule has 0 amide bonds. The van der Waals surface area contributed by atoms with Crippen LogP contribution in [0.3, 0.4) is 0 Å². The fourth-order valence-electron chi connectivity index (χ4n) is 3.16. The van der Waals surface area contributed by atoms with E-state index in [1.165, 1.54) is 12.8 Å². The van der Waals surface area contributed by atoms with Crippen LogP contribution in [0, 0.1) is 12.8 Å². The molecule has 1 aromatic heterocycles. The number of hydrogen-bond donors (Lipinski definition) is 1. The lowest BCUT2D eigenvalue weighted by molar-refractivity contribution is 0.281. The topological polar surface area (TPSA) is 41.3 Å². The Morgan fingerprint density at radius 2 is 2.05 bits per heavy atom. The van der Waals surface area contributed by atoms with Crippen LogP contribution in [0.15, 0.2) is 30.3 Å². The van der Waals surface area contributed by atoms with E-state index in [2.05, 4.69) is 29.1 Å². The molecule has 21 heavy (non-hydrogen) atoms. The highest BCUT2D eigenvalue weighted by Crippen LogP contribution is 2.32. The van der Waals surface area contributed by atoms with Crippen LogP contribution in [-0.4, -0.2) is 28.0 Å². The van der Waals surface area contributed by atoms with Gasteiger partial charge in [0.25, 0.3) is 0 Å². The third-order valence-electron chi connectivity index (χ3n) is 4.48. The molecule has 0 radical (unpaired) electrons. The molecule has 1 N–H and O–H groups in total. The summed E-state index contributed by atoms with van der Waals surface area (Å²) in [5.74, 6) is 1.81. The molecule has 1 unspecified atom stereocenters. The lowest BCUT2D eigenvalue weighted by Gasteiger charge is -2.21. The van der Waals surface area contributed by atoms with Crippen LogP contribution in [-0.2, 0) is 6.61 Å². The van der Waals surface area contributed by atoms with Crippen molar-refractivity contribution in [2.75, 3.05) is 18.0 Å². The third kappa shape index (κ3) is 2.56. The Labute approximate surface area is 126 Å². The van der Waals surface area contributed by atoms with Gasteiger partial charge in [-0.05, 0) is 31.4 Å². The van der Waals surface area contributed by atoms with Gasteiger partial charge >= 0.3 is 0 Å². The highest BCUT2D eigenvalue weighted by molar-refractivity contribution is 5.55. The summed E-state index contributed by atoms with van der Waals surface area (Å²) in [5.41, 5.74) is 2.92. The second-order valence-corrected chi connectivity index (χ2v) is 5.80. The van der Waals surface area contributed by atoms with Gasteiger partial charge in [0.15, 0.2) is 0 Å². The summed E-state index contributed by atoms with van der Waals surface area (Å²) in [4.78, 5) is 2.38. The number of aliphatic hydroxyl groups is 1. The lowest BCUT2D eigenvalue weighted by Crippen LogP contribution is -2.23. The van der Waals surface area contributed by atoms with Gasteiger partial charge < -0.3 is 10.0 Å². The van der Waals surface area contributed by atoms with Crippen molar-refractivity contribution in [2.24, 2.45) is 5.92 Å². The molecule has 4 nitrogen and oxygen atoms in total. The number of hydrogen-bond acceptors (Lipinski definition) is 3. The maximum Gasteiger partial charge on any atom is 0.138 e. The summed E-state index contributed by atoms with van der Waals surface area (Å²) < 4.78 is 1.99. The standard InChI is InChI=1S/C17H23N3O/c1-3-14-9-10-19(11-14)17-16(12-21)13(2)18-20(17)15-7-5-4-6-8-15/h4-8,14,21H,3,9-12H2,1-2H3. The summed E-state index contributed by atoms with van der Waals surface area (Å²) in [6, 6.07) is 10.2. The molecule has 1 aliphatic rings. The van der Waals surface area contributed by atoms with Gasteiger partial charge in [0, 0.05) is 18.7 Å². The summed E-state index contributed by atoms with van der Waals surface area (Å²) in [6.45, 7) is 6.37. The Morgan fingerprint density at radius 1 is 1.29 bits per heavy atom. The van der Waals surface area contributed by atoms with Crippen LogP contribution in [0.2, 0.25) is 0 Å². The molecule has 1 saturated heterocycles. The predicted molar refractivity (Wildman–Crippen MR) is 84.8 cm³/mol. The molecular weight excluding hydrogens is 262 g/mol. The van der Waals surface area contributed by atoms with E-state index in [1.807, 2.05) is 29.8 Å². The van der Waals surface area contributed by atoms with Gasteiger partial charge in [0.2, 0.25) is 0 Å². The third-order valence-corrected chi connectivity index (χ3v) is 4.48. The van der Waals surface area contributed by atoms with Crippen molar-refractivity contribution >= 4 is 5.82 Å². The maximum absolute atomic E-state index is 9.76. The highest BCUT2D eigenvalue weighted by Gasteiger charge is 2.27. The molecule has 1 aliphatic heterocycles. The number of benzene rings is 1. The van der Waals surface area contributed by atoms with Gasteiger partial charge in [-0.3, -0.25) is 0 Å². The lowest BCUT2D eigenvalue weighted by atomic mass is 10.1. The summed E-state index contributed by atoms with van der Waals surface area (Å²) in [6.07, 6.45) is 2.43. The highest BCUT2D eigenvalue weighted by atomic mass is 16.3. The molecule has 0 saturated carbocycles. The van der Waals surface area contributed by atoms with E-state index >= 15 is 0 Å². The van der Waals surface area contributed by atoms with Crippen LogP contribution in [0.4, 0.5) is 5.82 Å². The van der Waals surface area contributed by atoms with Crippen LogP contribution >= 0.6 is 0 Å². The van der Waals surface area contributed by atoms with Crippen LogP contribution in [0.1, 0.15) is 31.0 Å². The van der Waals surface area contributed by atoms with Gasteiger partial charge in [-0.25, -0.2) is 4.68 Å². The Kier molecular flexibility index (Phi) is 3.97.